The van der Waals surface area contributed by atoms with E-state index >= 15 is 0 Å². The van der Waals surface area contributed by atoms with Crippen molar-refractivity contribution >= 4 is 28.6 Å². The van der Waals surface area contributed by atoms with Crippen LogP contribution in [0, 0.1) is 5.92 Å². The summed E-state index contributed by atoms with van der Waals surface area (Å²) >= 11 is 2.33. The lowest BCUT2D eigenvalue weighted by Crippen LogP contribution is -2.19. The number of carbonyl (C=O) groups is 1. The highest BCUT2D eigenvalue weighted by atomic mass is 127. The van der Waals surface area contributed by atoms with E-state index in [2.05, 4.69) is 27.3 Å². The number of ether oxygens (including phenoxy) is 1. The molecule has 58 valence electrons. The quantitative estimate of drug-likeness (QED) is 0.405. The molecule has 0 spiro atoms. The number of hydrogen-bond acceptors (Lipinski definition) is 2. The van der Waals surface area contributed by atoms with Crippen LogP contribution in [0.1, 0.15) is 19.3 Å². The summed E-state index contributed by atoms with van der Waals surface area (Å²) < 4.78 is 5.17. The highest BCUT2D eigenvalue weighted by Gasteiger charge is 2.31. The molecule has 1 rings (SSSR count). The van der Waals surface area contributed by atoms with E-state index in [9.17, 15) is 4.79 Å². The second-order valence-electron chi connectivity index (χ2n) is 2.58. The van der Waals surface area contributed by atoms with Gasteiger partial charge >= 0.3 is 5.97 Å². The Labute approximate surface area is 74.5 Å². The van der Waals surface area contributed by atoms with Crippen molar-refractivity contribution in [1.29, 1.82) is 0 Å². The van der Waals surface area contributed by atoms with Gasteiger partial charge in [0.25, 0.3) is 0 Å². The second-order valence-corrected chi connectivity index (χ2v) is 4.18. The maximum Gasteiger partial charge on any atom is 0.309 e. The molecule has 0 unspecified atom stereocenters. The van der Waals surface area contributed by atoms with Crippen molar-refractivity contribution in [2.45, 2.75) is 23.2 Å². The van der Waals surface area contributed by atoms with Gasteiger partial charge in [-0.15, -0.1) is 0 Å². The van der Waals surface area contributed by atoms with Gasteiger partial charge in [-0.2, -0.15) is 0 Å². The zero-order chi connectivity index (χ0) is 7.56. The van der Waals surface area contributed by atoms with Crippen molar-refractivity contribution < 1.29 is 9.53 Å². The third-order valence-corrected chi connectivity index (χ3v) is 3.43. The van der Waals surface area contributed by atoms with Gasteiger partial charge in [0.2, 0.25) is 0 Å². The van der Waals surface area contributed by atoms with Crippen LogP contribution in [0.25, 0.3) is 0 Å². The lowest BCUT2D eigenvalue weighted by atomic mass is 10.1. The molecule has 0 amide bonds. The van der Waals surface area contributed by atoms with Crippen LogP contribution in [0.5, 0.6) is 0 Å². The molecule has 2 nitrogen and oxygen atoms in total. The number of alkyl halides is 1. The summed E-state index contributed by atoms with van der Waals surface area (Å²) in [5.74, 6) is 0.141. The smallest absolute Gasteiger partial charge is 0.309 e. The van der Waals surface area contributed by atoms with Gasteiger partial charge in [-0.25, -0.2) is 0 Å². The summed E-state index contributed by atoms with van der Waals surface area (Å²) in [6.07, 6.45) is 3.36. The standard InChI is InChI=1S/C7H11IO2/c1-10-7(9)5-3-2-4-6(5)8/h5-6H,2-4H2,1H3/t5-,6-/m1/s1. The lowest BCUT2D eigenvalue weighted by Gasteiger charge is -2.09. The summed E-state index contributed by atoms with van der Waals surface area (Å²) in [4.78, 5) is 11.0. The predicted molar refractivity (Wildman–Crippen MR) is 47.2 cm³/mol. The molecule has 0 aromatic carbocycles. The first-order valence-electron chi connectivity index (χ1n) is 3.47. The Morgan fingerprint density at radius 2 is 2.30 bits per heavy atom. The van der Waals surface area contributed by atoms with Gasteiger partial charge in [0, 0.05) is 3.92 Å². The van der Waals surface area contributed by atoms with Gasteiger partial charge in [-0.3, -0.25) is 4.79 Å². The number of esters is 1. The molecule has 0 aliphatic heterocycles. The van der Waals surface area contributed by atoms with E-state index in [0.717, 1.165) is 6.42 Å². The fraction of sp³-hybridized carbons (Fsp3) is 0.857. The van der Waals surface area contributed by atoms with Crippen LogP contribution >= 0.6 is 22.6 Å². The molecule has 3 heteroatoms. The Morgan fingerprint density at radius 3 is 2.70 bits per heavy atom. The minimum absolute atomic E-state index is 0.0306. The number of methoxy groups -OCH3 is 1. The van der Waals surface area contributed by atoms with Crippen molar-refractivity contribution in [1.82, 2.24) is 0 Å². The fourth-order valence-electron chi connectivity index (χ4n) is 1.33. The lowest BCUT2D eigenvalue weighted by molar-refractivity contribution is -0.144. The Bertz CT molecular complexity index is 136. The Hall–Kier alpha value is 0.200. The third-order valence-electron chi connectivity index (χ3n) is 1.94. The molecule has 0 radical (unpaired) electrons. The number of hydrogen-bond donors (Lipinski definition) is 0. The van der Waals surface area contributed by atoms with Gasteiger partial charge in [0.05, 0.1) is 13.0 Å². The first kappa shape index (κ1) is 8.30. The average molecular weight is 254 g/mol. The summed E-state index contributed by atoms with van der Waals surface area (Å²) in [5, 5.41) is 0. The summed E-state index contributed by atoms with van der Waals surface area (Å²) in [5.41, 5.74) is 0. The Morgan fingerprint density at radius 1 is 1.60 bits per heavy atom. The molecule has 1 fully saturated rings. The van der Waals surface area contributed by atoms with Crippen LogP contribution in [0.2, 0.25) is 0 Å². The van der Waals surface area contributed by atoms with Crippen LogP contribution in [0.15, 0.2) is 0 Å². The molecule has 0 heterocycles. The Kier molecular flexibility index (Phi) is 2.95. The molecular formula is C7H11IO2. The zero-order valence-corrected chi connectivity index (χ0v) is 8.13. The van der Waals surface area contributed by atoms with Crippen molar-refractivity contribution in [2.24, 2.45) is 5.92 Å². The molecule has 10 heavy (non-hydrogen) atoms. The van der Waals surface area contributed by atoms with E-state index in [1.54, 1.807) is 0 Å². The largest absolute Gasteiger partial charge is 0.469 e. The van der Waals surface area contributed by atoms with Crippen LogP contribution < -0.4 is 0 Å². The van der Waals surface area contributed by atoms with Gasteiger partial charge in [-0.1, -0.05) is 29.0 Å². The third kappa shape index (κ3) is 1.62. The molecule has 1 aliphatic carbocycles. The monoisotopic (exact) mass is 254 g/mol. The van der Waals surface area contributed by atoms with E-state index in [4.69, 9.17) is 0 Å². The molecule has 0 aromatic heterocycles. The fourth-order valence-corrected chi connectivity index (χ4v) is 2.43. The first-order valence-corrected chi connectivity index (χ1v) is 4.72. The first-order chi connectivity index (χ1) is 4.75. The van der Waals surface area contributed by atoms with E-state index < -0.39 is 0 Å². The highest BCUT2D eigenvalue weighted by molar-refractivity contribution is 14.1. The normalized spacial score (nSPS) is 32.2. The van der Waals surface area contributed by atoms with Crippen molar-refractivity contribution in [3.8, 4) is 0 Å². The van der Waals surface area contributed by atoms with Crippen molar-refractivity contribution in [2.75, 3.05) is 7.11 Å². The molecule has 2 atom stereocenters. The van der Waals surface area contributed by atoms with Crippen LogP contribution in [-0.4, -0.2) is 17.0 Å². The number of carbonyl (C=O) groups excluding carboxylic acids is 1. The molecule has 0 bridgehead atoms. The van der Waals surface area contributed by atoms with Gasteiger partial charge in [0.15, 0.2) is 0 Å². The van der Waals surface area contributed by atoms with Gasteiger partial charge in [-0.05, 0) is 12.8 Å². The highest BCUT2D eigenvalue weighted by Crippen LogP contribution is 2.32. The average Bonchev–Trinajstić information content (AvgIpc) is 2.34. The maximum absolute atomic E-state index is 11.0. The maximum atomic E-state index is 11.0. The molecule has 0 saturated heterocycles. The van der Waals surface area contributed by atoms with Gasteiger partial charge in [0.1, 0.15) is 0 Å². The predicted octanol–water partition coefficient (Wildman–Crippen LogP) is 1.76. The van der Waals surface area contributed by atoms with E-state index in [0.29, 0.717) is 3.92 Å². The molecule has 0 N–H and O–H groups in total. The van der Waals surface area contributed by atoms with Crippen molar-refractivity contribution in [3.63, 3.8) is 0 Å². The zero-order valence-electron chi connectivity index (χ0n) is 5.97. The molecule has 1 aliphatic rings. The topological polar surface area (TPSA) is 26.3 Å². The van der Waals surface area contributed by atoms with Gasteiger partial charge < -0.3 is 4.74 Å². The number of rotatable bonds is 1. The van der Waals surface area contributed by atoms with E-state index in [1.807, 2.05) is 0 Å². The molecule has 0 aromatic rings. The Balaban J connectivity index is 2.46. The van der Waals surface area contributed by atoms with E-state index in [-0.39, 0.29) is 11.9 Å². The SMILES string of the molecule is COC(=O)[C@@H]1CCC[C@H]1I. The molecular weight excluding hydrogens is 243 g/mol. The number of halogens is 1. The minimum Gasteiger partial charge on any atom is -0.469 e. The summed E-state index contributed by atoms with van der Waals surface area (Å²) in [6, 6.07) is 0. The van der Waals surface area contributed by atoms with Crippen LogP contribution in [0.4, 0.5) is 0 Å². The summed E-state index contributed by atoms with van der Waals surface area (Å²) in [6.45, 7) is 0. The van der Waals surface area contributed by atoms with E-state index in [1.165, 1.54) is 20.0 Å². The van der Waals surface area contributed by atoms with Crippen molar-refractivity contribution in [3.05, 3.63) is 0 Å². The second kappa shape index (κ2) is 3.55. The minimum atomic E-state index is -0.0306. The molecule has 1 saturated carbocycles. The van der Waals surface area contributed by atoms with Crippen LogP contribution in [-0.2, 0) is 9.53 Å². The van der Waals surface area contributed by atoms with Crippen LogP contribution in [0.3, 0.4) is 0 Å². The summed E-state index contributed by atoms with van der Waals surface area (Å²) in [7, 11) is 1.46.